The molecule has 0 aliphatic carbocycles. The Morgan fingerprint density at radius 2 is 2.11 bits per heavy atom. The van der Waals surface area contributed by atoms with Gasteiger partial charge in [0, 0.05) is 5.69 Å². The summed E-state index contributed by atoms with van der Waals surface area (Å²) in [6.45, 7) is 6.18. The van der Waals surface area contributed by atoms with Gasteiger partial charge in [0.25, 0.3) is 5.91 Å². The third-order valence-corrected chi connectivity index (χ3v) is 3.69. The smallest absolute Gasteiger partial charge is 0.269 e. The Kier molecular flexibility index (Phi) is 4.27. The fraction of sp³-hybridized carbons (Fsp3) is 0.357. The van der Waals surface area contributed by atoms with Crippen LogP contribution in [0, 0.1) is 0 Å². The molecule has 1 N–H and O–H groups in total. The summed E-state index contributed by atoms with van der Waals surface area (Å²) >= 11 is 1.14. The van der Waals surface area contributed by atoms with Crippen LogP contribution in [0.25, 0.3) is 0 Å². The fourth-order valence-electron chi connectivity index (χ4n) is 1.91. The second-order valence-electron chi connectivity index (χ2n) is 4.60. The molecular weight excluding hydrogens is 258 g/mol. The molecule has 0 bridgehead atoms. The van der Waals surface area contributed by atoms with Crippen molar-refractivity contribution < 1.29 is 4.79 Å². The number of amides is 1. The summed E-state index contributed by atoms with van der Waals surface area (Å²) in [6, 6.07) is 7.86. The Morgan fingerprint density at radius 1 is 1.37 bits per heavy atom. The molecular formula is C14H17N3OS. The van der Waals surface area contributed by atoms with Gasteiger partial charge in [-0.1, -0.05) is 43.5 Å². The predicted molar refractivity (Wildman–Crippen MR) is 77.8 cm³/mol. The lowest BCUT2D eigenvalue weighted by molar-refractivity contribution is 0.102. The van der Waals surface area contributed by atoms with Crippen molar-refractivity contribution in [1.29, 1.82) is 0 Å². The lowest BCUT2D eigenvalue weighted by atomic mass is 10.0. The lowest BCUT2D eigenvalue weighted by Gasteiger charge is -2.13. The van der Waals surface area contributed by atoms with E-state index in [2.05, 4.69) is 28.8 Å². The van der Waals surface area contributed by atoms with Crippen LogP contribution in [0.15, 0.2) is 24.3 Å². The number of nitrogens with one attached hydrogen (secondary N) is 1. The number of anilines is 1. The number of hydrogen-bond donors (Lipinski definition) is 1. The van der Waals surface area contributed by atoms with Crippen LogP contribution in [0.1, 0.15) is 47.6 Å². The largest absolute Gasteiger partial charge is 0.321 e. The highest BCUT2D eigenvalue weighted by Crippen LogP contribution is 2.24. The monoisotopic (exact) mass is 275 g/mol. The molecule has 2 rings (SSSR count). The van der Waals surface area contributed by atoms with Gasteiger partial charge < -0.3 is 5.32 Å². The highest BCUT2D eigenvalue weighted by atomic mass is 32.1. The van der Waals surface area contributed by atoms with Crippen LogP contribution in [0.5, 0.6) is 0 Å². The average molecular weight is 275 g/mol. The predicted octanol–water partition coefficient (Wildman–Crippen LogP) is 3.48. The van der Waals surface area contributed by atoms with Crippen molar-refractivity contribution >= 4 is 23.1 Å². The van der Waals surface area contributed by atoms with Gasteiger partial charge in [-0.25, -0.2) is 0 Å². The van der Waals surface area contributed by atoms with E-state index in [1.807, 2.05) is 31.2 Å². The normalized spacial score (nSPS) is 10.7. The van der Waals surface area contributed by atoms with E-state index in [4.69, 9.17) is 0 Å². The van der Waals surface area contributed by atoms with Crippen molar-refractivity contribution in [3.63, 3.8) is 0 Å². The fourth-order valence-corrected chi connectivity index (χ4v) is 2.55. The maximum Gasteiger partial charge on any atom is 0.269 e. The van der Waals surface area contributed by atoms with Gasteiger partial charge in [0.2, 0.25) is 0 Å². The summed E-state index contributed by atoms with van der Waals surface area (Å²) in [5.74, 6) is 0.238. The molecule has 1 aromatic carbocycles. The van der Waals surface area contributed by atoms with Gasteiger partial charge in [-0.05, 0) is 35.5 Å². The number of nitrogens with zero attached hydrogens (tertiary/aromatic N) is 2. The molecule has 0 saturated heterocycles. The molecule has 1 aromatic heterocycles. The molecule has 4 nitrogen and oxygen atoms in total. The molecule has 1 heterocycles. The molecule has 0 radical (unpaired) electrons. The van der Waals surface area contributed by atoms with E-state index in [0.717, 1.165) is 28.5 Å². The number of aromatic nitrogens is 2. The Labute approximate surface area is 117 Å². The van der Waals surface area contributed by atoms with E-state index >= 15 is 0 Å². The van der Waals surface area contributed by atoms with Crippen molar-refractivity contribution in [3.05, 3.63) is 40.4 Å². The molecule has 100 valence electrons. The summed E-state index contributed by atoms with van der Waals surface area (Å²) < 4.78 is 3.84. The molecule has 5 heteroatoms. The summed E-state index contributed by atoms with van der Waals surface area (Å²) in [6.07, 6.45) is 0.713. The van der Waals surface area contributed by atoms with Gasteiger partial charge in [-0.3, -0.25) is 4.79 Å². The highest BCUT2D eigenvalue weighted by molar-refractivity contribution is 7.08. The Morgan fingerprint density at radius 3 is 2.79 bits per heavy atom. The van der Waals surface area contributed by atoms with Crippen LogP contribution in [0.2, 0.25) is 0 Å². The number of carbonyl (C=O) groups is 1. The molecule has 1 amide bonds. The van der Waals surface area contributed by atoms with Crippen molar-refractivity contribution in [3.8, 4) is 0 Å². The lowest BCUT2D eigenvalue weighted by Crippen LogP contribution is -2.14. The third-order valence-electron chi connectivity index (χ3n) is 2.93. The minimum absolute atomic E-state index is 0.125. The van der Waals surface area contributed by atoms with Crippen LogP contribution in [-0.4, -0.2) is 15.5 Å². The van der Waals surface area contributed by atoms with E-state index in [0.29, 0.717) is 17.2 Å². The van der Waals surface area contributed by atoms with E-state index in [-0.39, 0.29) is 5.91 Å². The highest BCUT2D eigenvalue weighted by Gasteiger charge is 2.16. The number of benzene rings is 1. The zero-order valence-corrected chi connectivity index (χ0v) is 12.1. The molecule has 0 unspecified atom stereocenters. The van der Waals surface area contributed by atoms with E-state index in [1.165, 1.54) is 0 Å². The molecule has 0 aliphatic heterocycles. The average Bonchev–Trinajstić information content (AvgIpc) is 2.87. The molecule has 0 aliphatic rings. The third kappa shape index (κ3) is 2.98. The van der Waals surface area contributed by atoms with Crippen molar-refractivity contribution in [2.75, 3.05) is 5.32 Å². The first-order valence-electron chi connectivity index (χ1n) is 6.35. The zero-order valence-electron chi connectivity index (χ0n) is 11.3. The van der Waals surface area contributed by atoms with Gasteiger partial charge >= 0.3 is 0 Å². The Balaban J connectivity index is 2.24. The summed E-state index contributed by atoms with van der Waals surface area (Å²) in [5, 5.41) is 6.92. The van der Waals surface area contributed by atoms with Crippen molar-refractivity contribution in [2.45, 2.75) is 33.1 Å². The summed E-state index contributed by atoms with van der Waals surface area (Å²) in [4.78, 5) is 12.8. The molecule has 0 saturated carbocycles. The van der Waals surface area contributed by atoms with Crippen LogP contribution >= 0.6 is 11.5 Å². The van der Waals surface area contributed by atoms with Crippen LogP contribution < -0.4 is 5.32 Å². The minimum atomic E-state index is -0.125. The van der Waals surface area contributed by atoms with Gasteiger partial charge in [0.1, 0.15) is 4.88 Å². The van der Waals surface area contributed by atoms with E-state index < -0.39 is 0 Å². The number of rotatable bonds is 4. The van der Waals surface area contributed by atoms with E-state index in [9.17, 15) is 4.79 Å². The first-order valence-corrected chi connectivity index (χ1v) is 7.12. The van der Waals surface area contributed by atoms with Crippen LogP contribution in [0.3, 0.4) is 0 Å². The van der Waals surface area contributed by atoms with Crippen LogP contribution in [0.4, 0.5) is 5.69 Å². The number of para-hydroxylation sites is 1. The molecule has 0 fully saturated rings. The van der Waals surface area contributed by atoms with Gasteiger partial charge in [-0.15, -0.1) is 5.10 Å². The Bertz CT molecular complexity index is 578. The van der Waals surface area contributed by atoms with Gasteiger partial charge in [0.15, 0.2) is 0 Å². The minimum Gasteiger partial charge on any atom is -0.321 e. The van der Waals surface area contributed by atoms with Crippen LogP contribution in [-0.2, 0) is 6.42 Å². The molecule has 0 atom stereocenters. The van der Waals surface area contributed by atoms with E-state index in [1.54, 1.807) is 0 Å². The van der Waals surface area contributed by atoms with Crippen molar-refractivity contribution in [1.82, 2.24) is 9.59 Å². The molecule has 19 heavy (non-hydrogen) atoms. The first-order chi connectivity index (χ1) is 9.13. The van der Waals surface area contributed by atoms with Gasteiger partial charge in [0.05, 0.1) is 5.69 Å². The van der Waals surface area contributed by atoms with Crippen molar-refractivity contribution in [2.24, 2.45) is 0 Å². The topological polar surface area (TPSA) is 54.9 Å². The second-order valence-corrected chi connectivity index (χ2v) is 5.35. The maximum absolute atomic E-state index is 12.2. The standard InChI is InChI=1S/C14H17N3OS/c1-4-11-13(19-17-16-11)14(18)15-12-8-6-5-7-10(12)9(2)3/h5-9H,4H2,1-3H3,(H,15,18). The number of carbonyl (C=O) groups excluding carboxylic acids is 1. The molecule has 0 spiro atoms. The summed E-state index contributed by atoms with van der Waals surface area (Å²) in [7, 11) is 0. The maximum atomic E-state index is 12.2. The molecule has 2 aromatic rings. The number of aryl methyl sites for hydroxylation is 1. The Hall–Kier alpha value is -1.75. The first kappa shape index (κ1) is 13.7. The second kappa shape index (κ2) is 5.93. The summed E-state index contributed by atoms with van der Waals surface area (Å²) in [5.41, 5.74) is 2.74. The quantitative estimate of drug-likeness (QED) is 0.929. The van der Waals surface area contributed by atoms with Gasteiger partial charge in [-0.2, -0.15) is 0 Å². The SMILES string of the molecule is CCc1nnsc1C(=O)Nc1ccccc1C(C)C. The zero-order chi connectivity index (χ0) is 13.8. The number of hydrogen-bond acceptors (Lipinski definition) is 4.